The minimum atomic E-state index is -1.07. The quantitative estimate of drug-likeness (QED) is 0.893. The normalized spacial score (nSPS) is 23.8. The number of amides is 1. The largest absolute Gasteiger partial charge is 0.480 e. The number of benzene rings is 1. The third kappa shape index (κ3) is 3.56. The lowest BCUT2D eigenvalue weighted by atomic mass is 10.0. The molecule has 1 amide bonds. The lowest BCUT2D eigenvalue weighted by Crippen LogP contribution is -2.46. The number of aliphatic carboxylic acids is 1. The van der Waals surface area contributed by atoms with E-state index in [1.54, 1.807) is 0 Å². The Morgan fingerprint density at radius 1 is 1.25 bits per heavy atom. The standard InChI is InChI=1S/C17H19F2NO4/c18-10-1-2-12(15(19)7-10)13-8-14(13)17(23)20(9-16(21)22)11-3-5-24-6-4-11/h1-2,7,11,13-14H,3-6,8-9H2,(H,21,22)/t13-,14-/m0/s1. The van der Waals surface area contributed by atoms with Crippen LogP contribution in [0.4, 0.5) is 8.78 Å². The van der Waals surface area contributed by atoms with E-state index >= 15 is 0 Å². The molecule has 0 spiro atoms. The number of nitrogens with zero attached hydrogens (tertiary/aromatic N) is 1. The van der Waals surface area contributed by atoms with Gasteiger partial charge in [-0.3, -0.25) is 9.59 Å². The third-order valence-electron chi connectivity index (χ3n) is 4.69. The minimum absolute atomic E-state index is 0.165. The van der Waals surface area contributed by atoms with E-state index < -0.39 is 23.5 Å². The number of hydrogen-bond acceptors (Lipinski definition) is 3. The van der Waals surface area contributed by atoms with Crippen molar-refractivity contribution in [3.63, 3.8) is 0 Å². The number of halogens is 2. The molecule has 1 heterocycles. The summed E-state index contributed by atoms with van der Waals surface area (Å²) < 4.78 is 32.1. The van der Waals surface area contributed by atoms with Crippen molar-refractivity contribution in [3.8, 4) is 0 Å². The van der Waals surface area contributed by atoms with Gasteiger partial charge < -0.3 is 14.7 Å². The fourth-order valence-electron chi connectivity index (χ4n) is 3.36. The number of carboxylic acids is 1. The molecule has 5 nitrogen and oxygen atoms in total. The molecule has 0 aromatic heterocycles. The molecule has 1 aliphatic heterocycles. The Morgan fingerprint density at radius 3 is 2.58 bits per heavy atom. The van der Waals surface area contributed by atoms with Crippen molar-refractivity contribution in [3.05, 3.63) is 35.4 Å². The number of carboxylic acid groups (broad SMARTS) is 1. The average molecular weight is 339 g/mol. The molecule has 2 atom stereocenters. The van der Waals surface area contributed by atoms with Crippen LogP contribution in [0.1, 0.15) is 30.7 Å². The molecule has 0 bridgehead atoms. The summed E-state index contributed by atoms with van der Waals surface area (Å²) in [6.07, 6.45) is 1.66. The Labute approximate surface area is 138 Å². The highest BCUT2D eigenvalue weighted by atomic mass is 19.1. The van der Waals surface area contributed by atoms with Crippen molar-refractivity contribution in [2.45, 2.75) is 31.2 Å². The minimum Gasteiger partial charge on any atom is -0.480 e. The second kappa shape index (κ2) is 6.84. The molecule has 1 saturated heterocycles. The van der Waals surface area contributed by atoms with Gasteiger partial charge in [0.15, 0.2) is 0 Å². The van der Waals surface area contributed by atoms with E-state index in [4.69, 9.17) is 9.84 Å². The summed E-state index contributed by atoms with van der Waals surface area (Å²) in [6.45, 7) is 0.627. The molecule has 24 heavy (non-hydrogen) atoms. The maximum atomic E-state index is 13.9. The SMILES string of the molecule is O=C(O)CN(C(=O)[C@H]1C[C@H]1c1ccc(F)cc1F)C1CCOCC1. The van der Waals surface area contributed by atoms with Crippen molar-refractivity contribution < 1.29 is 28.2 Å². The Bertz CT molecular complexity index is 645. The van der Waals surface area contributed by atoms with Crippen LogP contribution in [0.15, 0.2) is 18.2 Å². The zero-order valence-electron chi connectivity index (χ0n) is 13.1. The fourth-order valence-corrected chi connectivity index (χ4v) is 3.36. The lowest BCUT2D eigenvalue weighted by Gasteiger charge is -2.33. The van der Waals surface area contributed by atoms with Gasteiger partial charge in [-0.25, -0.2) is 8.78 Å². The Morgan fingerprint density at radius 2 is 1.96 bits per heavy atom. The molecule has 1 N–H and O–H groups in total. The van der Waals surface area contributed by atoms with Gasteiger partial charge in [-0.2, -0.15) is 0 Å². The summed E-state index contributed by atoms with van der Waals surface area (Å²) in [5.41, 5.74) is 0.317. The third-order valence-corrected chi connectivity index (χ3v) is 4.69. The van der Waals surface area contributed by atoms with Crippen LogP contribution in [0.25, 0.3) is 0 Å². The highest BCUT2D eigenvalue weighted by Gasteiger charge is 2.48. The molecule has 0 unspecified atom stereocenters. The lowest BCUT2D eigenvalue weighted by molar-refractivity contribution is -0.148. The zero-order chi connectivity index (χ0) is 17.3. The zero-order valence-corrected chi connectivity index (χ0v) is 13.1. The van der Waals surface area contributed by atoms with E-state index in [0.717, 1.165) is 6.07 Å². The van der Waals surface area contributed by atoms with E-state index in [-0.39, 0.29) is 24.4 Å². The highest BCUT2D eigenvalue weighted by molar-refractivity contribution is 5.86. The number of rotatable bonds is 5. The van der Waals surface area contributed by atoms with E-state index in [9.17, 15) is 18.4 Å². The van der Waals surface area contributed by atoms with Gasteiger partial charge in [0.2, 0.25) is 5.91 Å². The molecular formula is C17H19F2NO4. The molecule has 1 aromatic rings. The monoisotopic (exact) mass is 339 g/mol. The summed E-state index contributed by atoms with van der Waals surface area (Å²) in [6, 6.07) is 3.18. The maximum Gasteiger partial charge on any atom is 0.323 e. The first-order valence-electron chi connectivity index (χ1n) is 8.02. The first-order valence-corrected chi connectivity index (χ1v) is 8.02. The van der Waals surface area contributed by atoms with E-state index in [1.807, 2.05) is 0 Å². The second-order valence-electron chi connectivity index (χ2n) is 6.32. The van der Waals surface area contributed by atoms with Crippen molar-refractivity contribution >= 4 is 11.9 Å². The fraction of sp³-hybridized carbons (Fsp3) is 0.529. The molecule has 0 radical (unpaired) electrons. The van der Waals surface area contributed by atoms with E-state index in [0.29, 0.717) is 38.0 Å². The summed E-state index contributed by atoms with van der Waals surface area (Å²) in [5.74, 6) is -3.40. The van der Waals surface area contributed by atoms with E-state index in [1.165, 1.54) is 17.0 Å². The number of ether oxygens (including phenoxy) is 1. The summed E-state index contributed by atoms with van der Waals surface area (Å²) in [7, 11) is 0. The summed E-state index contributed by atoms with van der Waals surface area (Å²) in [4.78, 5) is 25.2. The molecule has 2 aliphatic rings. The molecule has 2 fully saturated rings. The van der Waals surface area contributed by atoms with Gasteiger partial charge in [0.05, 0.1) is 0 Å². The van der Waals surface area contributed by atoms with Gasteiger partial charge in [-0.1, -0.05) is 6.07 Å². The Kier molecular flexibility index (Phi) is 4.80. The summed E-state index contributed by atoms with van der Waals surface area (Å²) >= 11 is 0. The van der Waals surface area contributed by atoms with Crippen LogP contribution in [0.5, 0.6) is 0 Å². The van der Waals surface area contributed by atoms with Gasteiger partial charge in [-0.05, 0) is 36.8 Å². The molecular weight excluding hydrogens is 320 g/mol. The van der Waals surface area contributed by atoms with Crippen LogP contribution in [0.2, 0.25) is 0 Å². The van der Waals surface area contributed by atoms with Gasteiger partial charge in [0.25, 0.3) is 0 Å². The predicted molar refractivity (Wildman–Crippen MR) is 80.4 cm³/mol. The van der Waals surface area contributed by atoms with Crippen LogP contribution in [-0.2, 0) is 14.3 Å². The number of carbonyl (C=O) groups excluding carboxylic acids is 1. The topological polar surface area (TPSA) is 66.8 Å². The van der Waals surface area contributed by atoms with Gasteiger partial charge >= 0.3 is 5.97 Å². The average Bonchev–Trinajstić information content (AvgIpc) is 3.33. The highest BCUT2D eigenvalue weighted by Crippen LogP contribution is 2.49. The van der Waals surface area contributed by atoms with Crippen LogP contribution in [0, 0.1) is 17.6 Å². The number of carbonyl (C=O) groups is 2. The van der Waals surface area contributed by atoms with Crippen LogP contribution < -0.4 is 0 Å². The van der Waals surface area contributed by atoms with Crippen molar-refractivity contribution in [2.75, 3.05) is 19.8 Å². The van der Waals surface area contributed by atoms with Crippen molar-refractivity contribution in [1.82, 2.24) is 4.90 Å². The first-order chi connectivity index (χ1) is 11.5. The molecule has 3 rings (SSSR count). The number of hydrogen-bond donors (Lipinski definition) is 1. The van der Waals surface area contributed by atoms with Crippen LogP contribution >= 0.6 is 0 Å². The van der Waals surface area contributed by atoms with Crippen molar-refractivity contribution in [2.24, 2.45) is 5.92 Å². The second-order valence-corrected chi connectivity index (χ2v) is 6.32. The molecule has 130 valence electrons. The smallest absolute Gasteiger partial charge is 0.323 e. The van der Waals surface area contributed by atoms with Crippen LogP contribution in [-0.4, -0.2) is 47.7 Å². The summed E-state index contributed by atoms with van der Waals surface area (Å²) in [5, 5.41) is 9.10. The molecule has 1 aromatic carbocycles. The molecule has 1 saturated carbocycles. The van der Waals surface area contributed by atoms with E-state index in [2.05, 4.69) is 0 Å². The van der Waals surface area contributed by atoms with Crippen molar-refractivity contribution in [1.29, 1.82) is 0 Å². The van der Waals surface area contributed by atoms with Crippen LogP contribution in [0.3, 0.4) is 0 Å². The maximum absolute atomic E-state index is 13.9. The van der Waals surface area contributed by atoms with Gasteiger partial charge in [0.1, 0.15) is 18.2 Å². The Hall–Kier alpha value is -2.02. The van der Waals surface area contributed by atoms with Gasteiger partial charge in [0, 0.05) is 31.2 Å². The molecule has 7 heteroatoms. The predicted octanol–water partition coefficient (Wildman–Crippen LogP) is 2.16. The van der Waals surface area contributed by atoms with Gasteiger partial charge in [-0.15, -0.1) is 0 Å². The molecule has 1 aliphatic carbocycles. The first kappa shape index (κ1) is 16.8. The Balaban J connectivity index is 1.72.